The quantitative estimate of drug-likeness (QED) is 0.251. The number of aliphatic hydroxyl groups excluding tert-OH is 1. The third-order valence-electron chi connectivity index (χ3n) is 6.88. The summed E-state index contributed by atoms with van der Waals surface area (Å²) < 4.78 is 29.9. The molecule has 2 heterocycles. The maximum Gasteiger partial charge on any atom is 0.269 e. The number of nitrogens with two attached hydrogens (primary N) is 1. The largest absolute Gasteiger partial charge is 0.393 e. The number of likely N-dealkylation sites (tertiary alicyclic amines) is 1. The van der Waals surface area contributed by atoms with Crippen LogP contribution >= 0.6 is 0 Å². The van der Waals surface area contributed by atoms with Crippen molar-refractivity contribution in [2.24, 2.45) is 5.73 Å². The zero-order valence-corrected chi connectivity index (χ0v) is 25.2. The van der Waals surface area contributed by atoms with Gasteiger partial charge in [-0.15, -0.1) is 0 Å². The molecule has 1 fully saturated rings. The number of halogens is 2. The number of carbonyl (C=O) groups is 3. The molecule has 1 aliphatic rings. The number of aliphatic hydroxyl groups is 1. The lowest BCUT2D eigenvalue weighted by Gasteiger charge is -2.33. The summed E-state index contributed by atoms with van der Waals surface area (Å²) in [7, 11) is 0.500. The Kier molecular flexibility index (Phi) is 15.3. The molecule has 0 saturated carbocycles. The highest BCUT2D eigenvalue weighted by Gasteiger charge is 2.31. The number of piperidine rings is 1. The Morgan fingerprint density at radius 2 is 1.71 bits per heavy atom. The predicted molar refractivity (Wildman–Crippen MR) is 172 cm³/mol. The molecule has 4 rings (SSSR count). The maximum atomic E-state index is 13.6. The highest BCUT2D eigenvalue weighted by atomic mass is 19.1. The smallest absolute Gasteiger partial charge is 0.269 e. The van der Waals surface area contributed by atoms with Gasteiger partial charge in [0.15, 0.2) is 5.82 Å². The molecule has 0 bridgehead atoms. The van der Waals surface area contributed by atoms with E-state index >= 15 is 0 Å². The molecule has 250 valence electrons. The first-order chi connectivity index (χ1) is 21.6. The summed E-state index contributed by atoms with van der Waals surface area (Å²) >= 11 is 0. The van der Waals surface area contributed by atoms with Gasteiger partial charge >= 0.3 is 0 Å². The van der Waals surface area contributed by atoms with Gasteiger partial charge in [0.2, 0.25) is 11.8 Å². The minimum atomic E-state index is -1.20. The molecule has 5 N–H and O–H groups in total. The summed E-state index contributed by atoms with van der Waals surface area (Å²) in [4.78, 5) is 45.6. The number of hydrogen-bond donors (Lipinski definition) is 4. The van der Waals surface area contributed by atoms with Gasteiger partial charge in [0.1, 0.15) is 12.1 Å². The number of aromatic nitrogens is 2. The predicted octanol–water partition coefficient (Wildman–Crippen LogP) is 3.45. The number of hydrogen-bond acceptors (Lipinski definition) is 7. The normalized spacial score (nSPS) is 14.6. The fraction of sp³-hybridized carbons (Fsp3) is 0.438. The average molecular weight is 639 g/mol. The summed E-state index contributed by atoms with van der Waals surface area (Å²) in [6.45, 7) is 4.19. The fourth-order valence-electron chi connectivity index (χ4n) is 4.49. The monoisotopic (exact) mass is 638 g/mol. The number of ether oxygens (including phenoxy) is 1. The van der Waals surface area contributed by atoms with Gasteiger partial charge in [-0.1, -0.05) is 68.1 Å². The van der Waals surface area contributed by atoms with Crippen LogP contribution in [0.25, 0.3) is 0 Å². The topological polar surface area (TPSA) is 152 Å². The second-order valence-corrected chi connectivity index (χ2v) is 10.8. The zero-order chi connectivity index (χ0) is 33.4. The van der Waals surface area contributed by atoms with Gasteiger partial charge in [0.05, 0.1) is 38.4 Å². The molecule has 3 aromatic rings. The van der Waals surface area contributed by atoms with Crippen molar-refractivity contribution in [2.45, 2.75) is 64.4 Å². The average Bonchev–Trinajstić information content (AvgIpc) is 3.51. The summed E-state index contributed by atoms with van der Waals surface area (Å²) in [5.41, 5.74) is 6.43. The first kappa shape index (κ1) is 37.0. The number of rotatable bonds is 11. The third kappa shape index (κ3) is 11.3. The molecule has 0 spiro atoms. The van der Waals surface area contributed by atoms with E-state index in [0.717, 1.165) is 11.1 Å². The van der Waals surface area contributed by atoms with Gasteiger partial charge in [-0.2, -0.15) is 0 Å². The van der Waals surface area contributed by atoms with Crippen LogP contribution in [0.2, 0.25) is 0 Å². The number of nitrogens with zero attached hydrogens (tertiary/aromatic N) is 3. The number of alkyl halides is 1. The van der Waals surface area contributed by atoms with Gasteiger partial charge in [0, 0.05) is 20.7 Å². The molecule has 2 aromatic carbocycles. The lowest BCUT2D eigenvalue weighted by atomic mass is 10.0. The van der Waals surface area contributed by atoms with Crippen LogP contribution < -0.4 is 16.4 Å². The van der Waals surface area contributed by atoms with Crippen LogP contribution in [-0.2, 0) is 25.7 Å². The van der Waals surface area contributed by atoms with E-state index in [-0.39, 0.29) is 33.8 Å². The molecule has 13 heteroatoms. The third-order valence-corrected chi connectivity index (χ3v) is 6.88. The van der Waals surface area contributed by atoms with E-state index in [1.165, 1.54) is 6.33 Å². The summed E-state index contributed by atoms with van der Waals surface area (Å²) in [5.74, 6) is -0.948. The Morgan fingerprint density at radius 1 is 1.13 bits per heavy atom. The van der Waals surface area contributed by atoms with E-state index in [0.29, 0.717) is 33.1 Å². The number of benzene rings is 2. The number of nitrogens with one attached hydrogen (secondary N) is 2. The van der Waals surface area contributed by atoms with E-state index in [1.807, 2.05) is 60.7 Å². The molecule has 0 aliphatic carbocycles. The van der Waals surface area contributed by atoms with Crippen molar-refractivity contribution in [2.75, 3.05) is 32.2 Å². The van der Waals surface area contributed by atoms with Crippen molar-refractivity contribution in [3.05, 3.63) is 84.3 Å². The molecule has 3 amide bonds. The van der Waals surface area contributed by atoms with Gasteiger partial charge in [-0.05, 0) is 37.8 Å². The molecule has 1 aliphatic heterocycles. The van der Waals surface area contributed by atoms with E-state index in [4.69, 9.17) is 15.2 Å². The van der Waals surface area contributed by atoms with E-state index in [2.05, 4.69) is 17.1 Å². The van der Waals surface area contributed by atoms with Gasteiger partial charge in [-0.25, -0.2) is 4.98 Å². The Morgan fingerprint density at radius 3 is 2.29 bits per heavy atom. The highest BCUT2D eigenvalue weighted by molar-refractivity contribution is 5.98. The first-order valence-electron chi connectivity index (χ1n) is 14.4. The van der Waals surface area contributed by atoms with Crippen LogP contribution in [0.1, 0.15) is 52.7 Å². The Hall–Kier alpha value is -4.20. The van der Waals surface area contributed by atoms with E-state index in [9.17, 15) is 23.9 Å². The number of imidazole rings is 1. The van der Waals surface area contributed by atoms with Crippen LogP contribution in [0.15, 0.2) is 73.2 Å². The standard InChI is InChI=1S/C30H38N6O5.CH3F.CH4.FH.H2/c1-30(2,31)29(40)33-24(19-41-18-21-9-5-3-6-10-21)27(38)34-25-17-36(20-32-25)26(22-11-7-4-8-12-22)28(39)35-15-13-23(37)14-16-35;1-2;;;/h3-12,17,20,23-24,26,37H,13-16,18-19,31H2,1-2H3,(H,33,40)(H,34,38);1H3;1H4;2*1H/t24-,26?;;;;/m1..../s1/i;;;;1+2/hT. The highest BCUT2D eigenvalue weighted by Crippen LogP contribution is 2.24. The number of carbonyl (C=O) groups excluding carboxylic acids is 3. The molecule has 1 saturated heterocycles. The Labute approximate surface area is 266 Å². The minimum absolute atomic E-state index is 0. The van der Waals surface area contributed by atoms with Crippen LogP contribution in [0, 0.1) is 0 Å². The zero-order valence-electron chi connectivity index (χ0n) is 26.2. The van der Waals surface area contributed by atoms with E-state index in [1.54, 1.807) is 29.5 Å². The van der Waals surface area contributed by atoms with Gasteiger partial charge in [-0.3, -0.25) is 23.5 Å². The summed E-state index contributed by atoms with van der Waals surface area (Å²) in [6.07, 6.45) is 3.73. The number of amides is 3. The molecular weight excluding hydrogens is 586 g/mol. The molecule has 45 heavy (non-hydrogen) atoms. The van der Waals surface area contributed by atoms with Crippen LogP contribution in [0.4, 0.5) is 14.9 Å². The summed E-state index contributed by atoms with van der Waals surface area (Å²) in [6, 6.07) is 17.1. The fourth-order valence-corrected chi connectivity index (χ4v) is 4.49. The SMILES string of the molecule is C.CC(C)(N)C(=O)N[C@H](COCc1ccccc1)C(=O)Nc1cn(C(C(=O)N2CCC(O)CC2)c2ccccc2)cn1.CF.[3HH].[3H]F. The van der Waals surface area contributed by atoms with Gasteiger partial charge in [0.25, 0.3) is 7.36 Å². The van der Waals surface area contributed by atoms with Gasteiger partial charge < -0.3 is 35.7 Å². The van der Waals surface area contributed by atoms with Crippen LogP contribution in [0.3, 0.4) is 0 Å². The molecule has 11 nitrogen and oxygen atoms in total. The van der Waals surface area contributed by atoms with Crippen molar-refractivity contribution < 1.29 is 34.8 Å². The maximum absolute atomic E-state index is 13.6. The van der Waals surface area contributed by atoms with E-state index < -0.39 is 35.5 Å². The molecule has 1 aromatic heterocycles. The molecule has 2 atom stereocenters. The van der Waals surface area contributed by atoms with Crippen molar-refractivity contribution in [1.29, 1.82) is 1.45 Å². The van der Waals surface area contributed by atoms with Crippen molar-refractivity contribution in [1.82, 2.24) is 19.8 Å². The van der Waals surface area contributed by atoms with Crippen LogP contribution in [-0.4, -0.2) is 83.3 Å². The molecule has 0 radical (unpaired) electrons. The van der Waals surface area contributed by atoms with Crippen molar-refractivity contribution in [3.63, 3.8) is 0 Å². The number of anilines is 1. The first-order valence-corrected chi connectivity index (χ1v) is 14.1. The Balaban J connectivity index is 0.00000339. The second-order valence-electron chi connectivity index (χ2n) is 10.8. The lowest BCUT2D eigenvalue weighted by molar-refractivity contribution is -0.135. The second kappa shape index (κ2) is 18.6. The summed E-state index contributed by atoms with van der Waals surface area (Å²) in [5, 5.41) is 15.3. The Bertz CT molecular complexity index is 1320. The van der Waals surface area contributed by atoms with Crippen molar-refractivity contribution >= 4 is 23.5 Å². The van der Waals surface area contributed by atoms with Crippen molar-refractivity contribution in [3.8, 4) is 0 Å². The molecule has 1 unspecified atom stereocenters. The van der Waals surface area contributed by atoms with Crippen LogP contribution in [0.5, 0.6) is 0 Å². The lowest BCUT2D eigenvalue weighted by Crippen LogP contribution is -2.56. The minimum Gasteiger partial charge on any atom is -0.393 e. The molecular formula is C32H48F2N6O5.